The van der Waals surface area contributed by atoms with E-state index < -0.39 is 33.5 Å². The Labute approximate surface area is 249 Å². The number of carbonyl (C=O) groups excluding carboxylic acids is 5. The summed E-state index contributed by atoms with van der Waals surface area (Å²) in [7, 11) is 6.13. The molecule has 4 rings (SSSR count). The number of hydrogen-bond donors (Lipinski definition) is 0. The van der Waals surface area contributed by atoms with Gasteiger partial charge in [-0.2, -0.15) is 0 Å². The molecule has 218 valence electrons. The second-order valence-electron chi connectivity index (χ2n) is 9.25. The Balaban J connectivity index is 2.20. The molecule has 0 bridgehead atoms. The van der Waals surface area contributed by atoms with E-state index in [2.05, 4.69) is 0 Å². The normalized spacial score (nSPS) is 18.5. The monoisotopic (exact) mass is 621 g/mol. The van der Waals surface area contributed by atoms with Crippen LogP contribution in [0.15, 0.2) is 43.4 Å². The number of benzene rings is 1. The van der Waals surface area contributed by atoms with Crippen molar-refractivity contribution in [3.05, 3.63) is 49.0 Å². The van der Waals surface area contributed by atoms with Crippen LogP contribution in [-0.4, -0.2) is 75.0 Å². The zero-order valence-corrected chi connectivity index (χ0v) is 25.9. The van der Waals surface area contributed by atoms with Gasteiger partial charge in [0.2, 0.25) is 5.91 Å². The lowest BCUT2D eigenvalue weighted by Crippen LogP contribution is -2.53. The fourth-order valence-electron chi connectivity index (χ4n) is 4.99. The Kier molecular flexibility index (Phi) is 8.31. The number of esters is 4. The molecule has 0 saturated heterocycles. The molecule has 41 heavy (non-hydrogen) atoms. The van der Waals surface area contributed by atoms with Crippen molar-refractivity contribution in [2.45, 2.75) is 30.4 Å². The van der Waals surface area contributed by atoms with Gasteiger partial charge in [-0.1, -0.05) is 35.3 Å². The summed E-state index contributed by atoms with van der Waals surface area (Å²) in [5, 5.41) is 0. The molecule has 1 spiro atoms. The van der Waals surface area contributed by atoms with Crippen molar-refractivity contribution in [1.29, 1.82) is 0 Å². The van der Waals surface area contributed by atoms with Crippen LogP contribution in [0.1, 0.15) is 26.3 Å². The summed E-state index contributed by atoms with van der Waals surface area (Å²) in [4.78, 5) is 67.8. The maximum Gasteiger partial charge on any atom is 0.345 e. The Bertz CT molecular complexity index is 1460. The third-order valence-corrected chi connectivity index (χ3v) is 11.3. The Hall–Kier alpha value is -3.36. The van der Waals surface area contributed by atoms with E-state index in [1.54, 1.807) is 36.9 Å². The van der Waals surface area contributed by atoms with Gasteiger partial charge < -0.3 is 28.6 Å². The van der Waals surface area contributed by atoms with Crippen molar-refractivity contribution in [3.63, 3.8) is 0 Å². The van der Waals surface area contributed by atoms with E-state index in [-0.39, 0.29) is 26.2 Å². The number of nitrogens with zero attached hydrogens (tertiary/aromatic N) is 1. The maximum absolute atomic E-state index is 13.6. The summed E-state index contributed by atoms with van der Waals surface area (Å²) in [6.07, 6.45) is 0. The van der Waals surface area contributed by atoms with Crippen LogP contribution in [0.3, 0.4) is 0 Å². The first-order chi connectivity index (χ1) is 19.3. The van der Waals surface area contributed by atoms with Crippen LogP contribution in [0.2, 0.25) is 0 Å². The van der Waals surface area contributed by atoms with Crippen LogP contribution < -0.4 is 9.64 Å². The van der Waals surface area contributed by atoms with Gasteiger partial charge in [0.05, 0.1) is 52.3 Å². The SMILES string of the molecule is COC(=O)C1=C(C(=O)OC)SC2(S1)C(C(=O)OC)=C(C(=O)OC)SC1=C2c2cc(OC)ccc2N(C(C)=O)C1(C)C. The third-order valence-electron chi connectivity index (χ3n) is 6.66. The van der Waals surface area contributed by atoms with E-state index in [0.29, 0.717) is 27.5 Å². The van der Waals surface area contributed by atoms with Crippen molar-refractivity contribution in [2.24, 2.45) is 0 Å². The fourth-order valence-corrected chi connectivity index (χ4v) is 10.0. The zero-order chi connectivity index (χ0) is 30.4. The van der Waals surface area contributed by atoms with E-state index in [9.17, 15) is 24.0 Å². The molecule has 1 aromatic rings. The molecule has 3 aliphatic rings. The topological polar surface area (TPSA) is 135 Å². The molecule has 0 unspecified atom stereocenters. The molecule has 0 fully saturated rings. The Morgan fingerprint density at radius 1 is 0.756 bits per heavy atom. The van der Waals surface area contributed by atoms with Gasteiger partial charge in [0.15, 0.2) is 0 Å². The Morgan fingerprint density at radius 2 is 1.27 bits per heavy atom. The van der Waals surface area contributed by atoms with E-state index in [1.807, 2.05) is 0 Å². The molecule has 1 amide bonds. The van der Waals surface area contributed by atoms with Crippen molar-refractivity contribution >= 4 is 76.3 Å². The molecule has 0 N–H and O–H groups in total. The fraction of sp³-hybridized carbons (Fsp3) is 0.370. The maximum atomic E-state index is 13.6. The second-order valence-corrected chi connectivity index (χ2v) is 13.0. The van der Waals surface area contributed by atoms with Gasteiger partial charge in [-0.25, -0.2) is 19.2 Å². The Morgan fingerprint density at radius 3 is 1.73 bits per heavy atom. The summed E-state index contributed by atoms with van der Waals surface area (Å²) < 4.78 is 24.1. The number of fused-ring (bicyclic) bond motifs is 3. The number of thioether (sulfide) groups is 3. The van der Waals surface area contributed by atoms with Gasteiger partial charge in [-0.05, 0) is 32.0 Å². The molecule has 11 nitrogen and oxygen atoms in total. The van der Waals surface area contributed by atoms with Crippen LogP contribution in [0.4, 0.5) is 5.69 Å². The van der Waals surface area contributed by atoms with Gasteiger partial charge >= 0.3 is 23.9 Å². The average Bonchev–Trinajstić information content (AvgIpc) is 3.34. The van der Waals surface area contributed by atoms with Gasteiger partial charge in [0.25, 0.3) is 0 Å². The highest BCUT2D eigenvalue weighted by atomic mass is 32.2. The van der Waals surface area contributed by atoms with Crippen molar-refractivity contribution in [3.8, 4) is 5.75 Å². The second kappa shape index (κ2) is 11.1. The standard InChI is InChI=1S/C27H27NO10S3/c1-12(29)28-15-10-9-13(34-4)11-14(15)16-21(26(28,2)3)39-18(23(31)36-6)17(22(30)35-5)27(16)40-19(24(32)37-7)20(41-27)25(33)38-8/h9-11H,1-8H3. The summed E-state index contributed by atoms with van der Waals surface area (Å²) in [6, 6.07) is 5.12. The van der Waals surface area contributed by atoms with Gasteiger partial charge in [-0.3, -0.25) is 4.79 Å². The highest BCUT2D eigenvalue weighted by Gasteiger charge is 2.61. The highest BCUT2D eigenvalue weighted by molar-refractivity contribution is 8.26. The predicted molar refractivity (Wildman–Crippen MR) is 155 cm³/mol. The van der Waals surface area contributed by atoms with E-state index in [0.717, 1.165) is 56.6 Å². The lowest BCUT2D eigenvalue weighted by molar-refractivity contribution is -0.138. The number of ether oxygens (including phenoxy) is 5. The van der Waals surface area contributed by atoms with Crippen molar-refractivity contribution in [2.75, 3.05) is 40.4 Å². The smallest absolute Gasteiger partial charge is 0.345 e. The molecule has 14 heteroatoms. The number of methoxy groups -OCH3 is 5. The van der Waals surface area contributed by atoms with Crippen LogP contribution in [0, 0.1) is 0 Å². The van der Waals surface area contributed by atoms with Gasteiger partial charge in [0.1, 0.15) is 24.5 Å². The first-order valence-corrected chi connectivity index (χ1v) is 14.4. The van der Waals surface area contributed by atoms with E-state index in [1.165, 1.54) is 21.1 Å². The first-order valence-electron chi connectivity index (χ1n) is 12.0. The summed E-state index contributed by atoms with van der Waals surface area (Å²) in [6.45, 7) is 5.03. The average molecular weight is 622 g/mol. The molecule has 0 aromatic heterocycles. The number of carbonyl (C=O) groups is 5. The zero-order valence-electron chi connectivity index (χ0n) is 23.5. The number of anilines is 1. The molecule has 3 aliphatic heterocycles. The van der Waals surface area contributed by atoms with Crippen molar-refractivity contribution in [1.82, 2.24) is 0 Å². The molecule has 0 saturated carbocycles. The lowest BCUT2D eigenvalue weighted by Gasteiger charge is -2.50. The van der Waals surface area contributed by atoms with Crippen LogP contribution in [0.25, 0.3) is 5.57 Å². The molecular formula is C27H27NO10S3. The highest BCUT2D eigenvalue weighted by Crippen LogP contribution is 2.71. The molecular weight excluding hydrogens is 594 g/mol. The minimum atomic E-state index is -1.65. The van der Waals surface area contributed by atoms with E-state index in [4.69, 9.17) is 23.7 Å². The third kappa shape index (κ3) is 4.61. The van der Waals surface area contributed by atoms with Gasteiger partial charge in [0, 0.05) is 23.0 Å². The van der Waals surface area contributed by atoms with E-state index >= 15 is 0 Å². The number of amides is 1. The van der Waals surface area contributed by atoms with Crippen LogP contribution in [0.5, 0.6) is 5.75 Å². The molecule has 0 radical (unpaired) electrons. The largest absolute Gasteiger partial charge is 0.497 e. The minimum Gasteiger partial charge on any atom is -0.497 e. The summed E-state index contributed by atoms with van der Waals surface area (Å²) >= 11 is 2.69. The summed E-state index contributed by atoms with van der Waals surface area (Å²) in [5.74, 6) is -3.22. The summed E-state index contributed by atoms with van der Waals surface area (Å²) in [5.41, 5.74) is 0.248. The molecule has 0 aliphatic carbocycles. The molecule has 3 heterocycles. The molecule has 0 atom stereocenters. The molecule has 1 aromatic carbocycles. The van der Waals surface area contributed by atoms with Crippen LogP contribution in [-0.2, 0) is 42.9 Å². The lowest BCUT2D eigenvalue weighted by atomic mass is 9.83. The quantitative estimate of drug-likeness (QED) is 0.350. The minimum absolute atomic E-state index is 0.114. The predicted octanol–water partition coefficient (Wildman–Crippen LogP) is 3.63. The van der Waals surface area contributed by atoms with Gasteiger partial charge in [-0.15, -0.1) is 0 Å². The number of hydrogen-bond acceptors (Lipinski definition) is 13. The first kappa shape index (κ1) is 30.6. The number of rotatable bonds is 5. The van der Waals surface area contributed by atoms with Crippen molar-refractivity contribution < 1.29 is 47.7 Å². The van der Waals surface area contributed by atoms with Crippen LogP contribution >= 0.6 is 35.3 Å².